The number of nitrogens with one attached hydrogen (secondary N) is 1. The molecule has 0 aliphatic carbocycles. The number of carbonyl (C=O) groups is 1. The Labute approximate surface area is 123 Å². The molecule has 0 radical (unpaired) electrons. The summed E-state index contributed by atoms with van der Waals surface area (Å²) in [6, 6.07) is 10.5. The summed E-state index contributed by atoms with van der Waals surface area (Å²) >= 11 is 3.34. The fraction of sp³-hybridized carbons (Fsp3) is 0.0714. The molecule has 1 aliphatic rings. The van der Waals surface area contributed by atoms with Crippen LogP contribution in [0.25, 0.3) is 0 Å². The van der Waals surface area contributed by atoms with Crippen LogP contribution in [0.3, 0.4) is 0 Å². The van der Waals surface area contributed by atoms with E-state index in [0.717, 1.165) is 4.47 Å². The van der Waals surface area contributed by atoms with Crippen LogP contribution in [0.2, 0.25) is 0 Å². The van der Waals surface area contributed by atoms with Gasteiger partial charge in [0, 0.05) is 16.6 Å². The predicted octanol–water partition coefficient (Wildman–Crippen LogP) is 3.01. The van der Waals surface area contributed by atoms with Gasteiger partial charge < -0.3 is 20.5 Å². The molecular weight excluding hydrogens is 324 g/mol. The number of hydrogen-bond acceptors (Lipinski definition) is 4. The van der Waals surface area contributed by atoms with Gasteiger partial charge in [0.15, 0.2) is 11.5 Å². The number of hydrogen-bond donors (Lipinski definition) is 2. The van der Waals surface area contributed by atoms with E-state index in [-0.39, 0.29) is 12.7 Å². The zero-order valence-electron chi connectivity index (χ0n) is 10.4. The lowest BCUT2D eigenvalue weighted by Crippen LogP contribution is -2.13. The summed E-state index contributed by atoms with van der Waals surface area (Å²) in [7, 11) is 0. The highest BCUT2D eigenvalue weighted by Crippen LogP contribution is 2.38. The maximum atomic E-state index is 12.2. The van der Waals surface area contributed by atoms with Crippen LogP contribution in [0.15, 0.2) is 40.9 Å². The van der Waals surface area contributed by atoms with Gasteiger partial charge in [0.1, 0.15) is 0 Å². The molecule has 3 rings (SSSR count). The first kappa shape index (κ1) is 12.8. The minimum absolute atomic E-state index is 0.163. The molecule has 1 heterocycles. The van der Waals surface area contributed by atoms with E-state index < -0.39 is 0 Å². The van der Waals surface area contributed by atoms with Crippen LogP contribution in [0.5, 0.6) is 11.5 Å². The van der Waals surface area contributed by atoms with Gasteiger partial charge in [0.25, 0.3) is 5.91 Å². The highest BCUT2D eigenvalue weighted by Gasteiger charge is 2.18. The monoisotopic (exact) mass is 334 g/mol. The van der Waals surface area contributed by atoms with Gasteiger partial charge in [-0.2, -0.15) is 0 Å². The van der Waals surface area contributed by atoms with Crippen LogP contribution in [0, 0.1) is 0 Å². The van der Waals surface area contributed by atoms with Crippen molar-refractivity contribution in [3.8, 4) is 11.5 Å². The van der Waals surface area contributed by atoms with Crippen molar-refractivity contribution >= 4 is 33.2 Å². The first-order valence-corrected chi connectivity index (χ1v) is 6.69. The normalized spacial score (nSPS) is 12.2. The van der Waals surface area contributed by atoms with E-state index in [2.05, 4.69) is 21.2 Å². The van der Waals surface area contributed by atoms with Gasteiger partial charge in [-0.05, 0) is 28.1 Å². The number of nitrogen functional groups attached to an aromatic ring is 1. The van der Waals surface area contributed by atoms with E-state index >= 15 is 0 Å². The first-order chi connectivity index (χ1) is 9.65. The van der Waals surface area contributed by atoms with Gasteiger partial charge in [-0.25, -0.2) is 0 Å². The Morgan fingerprint density at radius 2 is 1.90 bits per heavy atom. The Morgan fingerprint density at radius 1 is 1.20 bits per heavy atom. The Morgan fingerprint density at radius 3 is 2.65 bits per heavy atom. The molecule has 0 bridgehead atoms. The number of amides is 1. The minimum atomic E-state index is -0.247. The van der Waals surface area contributed by atoms with Crippen LogP contribution in [-0.2, 0) is 0 Å². The molecule has 2 aromatic rings. The fourth-order valence-electron chi connectivity index (χ4n) is 1.90. The summed E-state index contributed by atoms with van der Waals surface area (Å²) in [6.07, 6.45) is 0. The Hall–Kier alpha value is -2.21. The maximum absolute atomic E-state index is 12.2. The Bertz CT molecular complexity index is 688. The van der Waals surface area contributed by atoms with Crippen LogP contribution in [0.1, 0.15) is 10.4 Å². The van der Waals surface area contributed by atoms with Crippen molar-refractivity contribution in [3.05, 3.63) is 46.4 Å². The van der Waals surface area contributed by atoms with Crippen molar-refractivity contribution in [2.45, 2.75) is 0 Å². The number of fused-ring (bicyclic) bond motifs is 1. The molecule has 0 saturated carbocycles. The molecule has 20 heavy (non-hydrogen) atoms. The van der Waals surface area contributed by atoms with Crippen molar-refractivity contribution in [1.29, 1.82) is 0 Å². The highest BCUT2D eigenvalue weighted by atomic mass is 79.9. The topological polar surface area (TPSA) is 73.6 Å². The quantitative estimate of drug-likeness (QED) is 0.828. The molecule has 0 aromatic heterocycles. The molecular formula is C14H11BrN2O3. The van der Waals surface area contributed by atoms with Crippen molar-refractivity contribution in [1.82, 2.24) is 0 Å². The van der Waals surface area contributed by atoms with E-state index in [1.807, 2.05) is 6.07 Å². The second-order valence-corrected chi connectivity index (χ2v) is 5.08. The first-order valence-electron chi connectivity index (χ1n) is 5.90. The molecule has 0 unspecified atom stereocenters. The van der Waals surface area contributed by atoms with Crippen LogP contribution >= 0.6 is 15.9 Å². The van der Waals surface area contributed by atoms with Crippen LogP contribution < -0.4 is 20.5 Å². The molecule has 3 N–H and O–H groups in total. The number of anilines is 2. The number of nitrogens with two attached hydrogens (primary N) is 1. The average molecular weight is 335 g/mol. The van der Waals surface area contributed by atoms with E-state index in [9.17, 15) is 4.79 Å². The van der Waals surface area contributed by atoms with E-state index in [0.29, 0.717) is 28.4 Å². The van der Waals surface area contributed by atoms with E-state index in [4.69, 9.17) is 15.2 Å². The molecule has 0 spiro atoms. The number of benzene rings is 2. The second kappa shape index (κ2) is 5.05. The Balaban J connectivity index is 1.88. The molecule has 5 nitrogen and oxygen atoms in total. The molecule has 6 heteroatoms. The Kier molecular flexibility index (Phi) is 3.23. The summed E-state index contributed by atoms with van der Waals surface area (Å²) < 4.78 is 11.2. The maximum Gasteiger partial charge on any atom is 0.256 e. The van der Waals surface area contributed by atoms with Gasteiger partial charge in [0.05, 0.1) is 16.9 Å². The smallest absolute Gasteiger partial charge is 0.256 e. The third-order valence-corrected chi connectivity index (χ3v) is 3.60. The lowest BCUT2D eigenvalue weighted by Gasteiger charge is -2.10. The number of rotatable bonds is 2. The zero-order chi connectivity index (χ0) is 14.1. The fourth-order valence-corrected chi connectivity index (χ4v) is 2.37. The largest absolute Gasteiger partial charge is 0.454 e. The van der Waals surface area contributed by atoms with Gasteiger partial charge in [-0.1, -0.05) is 12.1 Å². The number of ether oxygens (including phenoxy) is 2. The second-order valence-electron chi connectivity index (χ2n) is 4.23. The molecule has 0 atom stereocenters. The summed E-state index contributed by atoms with van der Waals surface area (Å²) in [5.41, 5.74) is 7.35. The van der Waals surface area contributed by atoms with E-state index in [1.54, 1.807) is 30.3 Å². The molecule has 0 saturated heterocycles. The number of halogens is 1. The lowest BCUT2D eigenvalue weighted by molar-refractivity contribution is 0.102. The van der Waals surface area contributed by atoms with Gasteiger partial charge in [-0.3, -0.25) is 4.79 Å². The average Bonchev–Trinajstić information content (AvgIpc) is 2.86. The predicted molar refractivity (Wildman–Crippen MR) is 79.1 cm³/mol. The summed E-state index contributed by atoms with van der Waals surface area (Å²) in [6.45, 7) is 0.163. The molecule has 1 aliphatic heterocycles. The van der Waals surface area contributed by atoms with E-state index in [1.165, 1.54) is 0 Å². The van der Waals surface area contributed by atoms with Crippen molar-refractivity contribution in [2.75, 3.05) is 17.8 Å². The van der Waals surface area contributed by atoms with Crippen molar-refractivity contribution in [2.24, 2.45) is 0 Å². The van der Waals surface area contributed by atoms with Crippen molar-refractivity contribution < 1.29 is 14.3 Å². The van der Waals surface area contributed by atoms with Crippen LogP contribution in [0.4, 0.5) is 11.4 Å². The van der Waals surface area contributed by atoms with Gasteiger partial charge in [0.2, 0.25) is 6.79 Å². The minimum Gasteiger partial charge on any atom is -0.454 e. The van der Waals surface area contributed by atoms with Gasteiger partial charge in [-0.15, -0.1) is 0 Å². The summed E-state index contributed by atoms with van der Waals surface area (Å²) in [5, 5.41) is 2.77. The zero-order valence-corrected chi connectivity index (χ0v) is 11.9. The molecule has 102 valence electrons. The highest BCUT2D eigenvalue weighted by molar-refractivity contribution is 9.10. The SMILES string of the molecule is Nc1cc2c(cc1NC(=O)c1ccccc1Br)OCO2. The van der Waals surface area contributed by atoms with Crippen molar-refractivity contribution in [3.63, 3.8) is 0 Å². The lowest BCUT2D eigenvalue weighted by atomic mass is 10.2. The summed E-state index contributed by atoms with van der Waals surface area (Å²) in [4.78, 5) is 12.2. The molecule has 1 amide bonds. The molecule has 0 fully saturated rings. The molecule has 2 aromatic carbocycles. The standard InChI is InChI=1S/C14H11BrN2O3/c15-9-4-2-1-3-8(9)14(18)17-11-6-13-12(5-10(11)16)19-7-20-13/h1-6H,7,16H2,(H,17,18). The number of carbonyl (C=O) groups excluding carboxylic acids is 1. The van der Waals surface area contributed by atoms with Crippen LogP contribution in [-0.4, -0.2) is 12.7 Å². The summed E-state index contributed by atoms with van der Waals surface area (Å²) in [5.74, 6) is 0.908. The van der Waals surface area contributed by atoms with Gasteiger partial charge >= 0.3 is 0 Å². The third kappa shape index (κ3) is 2.30. The third-order valence-electron chi connectivity index (χ3n) is 2.91.